The van der Waals surface area contributed by atoms with Crippen molar-refractivity contribution in [3.8, 4) is 0 Å². The smallest absolute Gasteiger partial charge is 0.374 e. The molecule has 28 heavy (non-hydrogen) atoms. The van der Waals surface area contributed by atoms with Crippen molar-refractivity contribution in [1.29, 1.82) is 0 Å². The molecule has 2 bridgehead atoms. The van der Waals surface area contributed by atoms with E-state index in [2.05, 4.69) is 0 Å². The summed E-state index contributed by atoms with van der Waals surface area (Å²) in [6.45, 7) is 3.10. The number of carbonyl (C=O) groups is 2. The van der Waals surface area contributed by atoms with Crippen LogP contribution in [0.3, 0.4) is 0 Å². The van der Waals surface area contributed by atoms with Crippen molar-refractivity contribution in [2.24, 2.45) is 41.4 Å². The van der Waals surface area contributed by atoms with E-state index >= 15 is 0 Å². The maximum absolute atomic E-state index is 13.1. The molecule has 7 unspecified atom stereocenters. The fourth-order valence-corrected chi connectivity index (χ4v) is 5.70. The molecule has 2 rings (SSSR count). The van der Waals surface area contributed by atoms with Gasteiger partial charge in [-0.25, -0.2) is 0 Å². The SMILES string of the molecule is CC(C(=O)Cl)C(C(=O)Cl)C1C(C)C2CC(CC(O)(C(F)(F)F)C(F)(F)F)C1C2. The Morgan fingerprint density at radius 3 is 1.89 bits per heavy atom. The Morgan fingerprint density at radius 2 is 1.54 bits per heavy atom. The van der Waals surface area contributed by atoms with E-state index in [-0.39, 0.29) is 18.3 Å². The number of alkyl halides is 6. The van der Waals surface area contributed by atoms with Gasteiger partial charge in [0.1, 0.15) is 0 Å². The van der Waals surface area contributed by atoms with Gasteiger partial charge < -0.3 is 5.11 Å². The molecule has 162 valence electrons. The van der Waals surface area contributed by atoms with Gasteiger partial charge in [-0.3, -0.25) is 9.59 Å². The van der Waals surface area contributed by atoms with Crippen LogP contribution in [-0.4, -0.2) is 33.5 Å². The van der Waals surface area contributed by atoms with Gasteiger partial charge in [0.05, 0.1) is 0 Å². The molecule has 0 aromatic heterocycles. The highest BCUT2D eigenvalue weighted by Crippen LogP contribution is 2.62. The first-order chi connectivity index (χ1) is 12.5. The lowest BCUT2D eigenvalue weighted by Crippen LogP contribution is -2.58. The van der Waals surface area contributed by atoms with Crippen molar-refractivity contribution in [3.05, 3.63) is 0 Å². The molecule has 0 radical (unpaired) electrons. The van der Waals surface area contributed by atoms with Crippen LogP contribution in [0.2, 0.25) is 0 Å². The predicted octanol–water partition coefficient (Wildman–Crippen LogP) is 4.92. The van der Waals surface area contributed by atoms with Gasteiger partial charge in [0.2, 0.25) is 10.5 Å². The first-order valence-corrected chi connectivity index (χ1v) is 9.53. The second kappa shape index (κ2) is 7.61. The molecule has 3 nitrogen and oxygen atoms in total. The summed E-state index contributed by atoms with van der Waals surface area (Å²) in [6, 6.07) is 0. The van der Waals surface area contributed by atoms with Crippen LogP contribution in [-0.2, 0) is 9.59 Å². The van der Waals surface area contributed by atoms with Gasteiger partial charge in [0.15, 0.2) is 0 Å². The van der Waals surface area contributed by atoms with Gasteiger partial charge >= 0.3 is 12.4 Å². The minimum Gasteiger partial charge on any atom is -0.374 e. The molecule has 11 heteroatoms. The molecule has 0 spiro atoms. The molecule has 0 aliphatic heterocycles. The largest absolute Gasteiger partial charge is 0.426 e. The van der Waals surface area contributed by atoms with Crippen molar-refractivity contribution in [2.45, 2.75) is 51.1 Å². The molecule has 2 aliphatic carbocycles. The van der Waals surface area contributed by atoms with Gasteiger partial charge in [0, 0.05) is 11.8 Å². The molecule has 2 aliphatic rings. The molecule has 0 amide bonds. The molecular formula is C17H20Cl2F6O3. The van der Waals surface area contributed by atoms with Gasteiger partial charge in [-0.1, -0.05) is 13.8 Å². The lowest BCUT2D eigenvalue weighted by molar-refractivity contribution is -0.373. The Balaban J connectivity index is 2.36. The summed E-state index contributed by atoms with van der Waals surface area (Å²) < 4.78 is 78.5. The highest BCUT2D eigenvalue weighted by Gasteiger charge is 2.72. The summed E-state index contributed by atoms with van der Waals surface area (Å²) in [5, 5.41) is 7.80. The minimum atomic E-state index is -5.89. The lowest BCUT2D eigenvalue weighted by atomic mass is 9.64. The van der Waals surface area contributed by atoms with Crippen LogP contribution in [0.25, 0.3) is 0 Å². The van der Waals surface area contributed by atoms with Crippen molar-refractivity contribution < 1.29 is 41.0 Å². The zero-order valence-corrected chi connectivity index (χ0v) is 16.5. The normalized spacial score (nSPS) is 33.0. The Labute approximate surface area is 167 Å². The van der Waals surface area contributed by atoms with Crippen molar-refractivity contribution in [1.82, 2.24) is 0 Å². The van der Waals surface area contributed by atoms with E-state index < -0.39 is 64.4 Å². The highest BCUT2D eigenvalue weighted by atomic mass is 35.5. The van der Waals surface area contributed by atoms with E-state index in [1.807, 2.05) is 0 Å². The van der Waals surface area contributed by atoms with Gasteiger partial charge in [-0.2, -0.15) is 26.3 Å². The fraction of sp³-hybridized carbons (Fsp3) is 0.882. The summed E-state index contributed by atoms with van der Waals surface area (Å²) >= 11 is 11.1. The van der Waals surface area contributed by atoms with Crippen LogP contribution < -0.4 is 0 Å². The van der Waals surface area contributed by atoms with Crippen LogP contribution >= 0.6 is 23.2 Å². The Kier molecular flexibility index (Phi) is 6.46. The van der Waals surface area contributed by atoms with E-state index in [1.54, 1.807) is 6.92 Å². The number of fused-ring (bicyclic) bond motifs is 2. The van der Waals surface area contributed by atoms with Crippen LogP contribution in [0, 0.1) is 41.4 Å². The Hall–Kier alpha value is -0.540. The lowest BCUT2D eigenvalue weighted by Gasteiger charge is -2.42. The predicted molar refractivity (Wildman–Crippen MR) is 88.4 cm³/mol. The molecule has 0 aromatic rings. The second-order valence-electron chi connectivity index (χ2n) is 8.07. The number of hydrogen-bond donors (Lipinski definition) is 1. The van der Waals surface area contributed by atoms with Crippen LogP contribution in [0.4, 0.5) is 26.3 Å². The van der Waals surface area contributed by atoms with Crippen LogP contribution in [0.1, 0.15) is 33.1 Å². The standard InChI is InChI=1S/C17H20Cl2F6O3/c1-6-8-3-9(5-15(28,16(20,21)22)17(23,24)25)10(4-8)11(6)12(14(19)27)7(2)13(18)26/h6-12,28H,3-5H2,1-2H3. The molecule has 0 aromatic carbocycles. The van der Waals surface area contributed by atoms with Crippen molar-refractivity contribution in [2.75, 3.05) is 0 Å². The maximum atomic E-state index is 13.1. The first kappa shape index (κ1) is 23.7. The summed E-state index contributed by atoms with van der Waals surface area (Å²) in [6.07, 6.45) is -12.9. The van der Waals surface area contributed by atoms with Gasteiger partial charge in [-0.15, -0.1) is 0 Å². The minimum absolute atomic E-state index is 0.0726. The molecule has 2 saturated carbocycles. The summed E-state index contributed by atoms with van der Waals surface area (Å²) in [5.74, 6) is -5.08. The quantitative estimate of drug-likeness (QED) is 0.455. The van der Waals surface area contributed by atoms with Gasteiger partial charge in [-0.05, 0) is 72.1 Å². The van der Waals surface area contributed by atoms with E-state index in [9.17, 15) is 41.0 Å². The number of hydrogen-bond acceptors (Lipinski definition) is 3. The van der Waals surface area contributed by atoms with E-state index in [4.69, 9.17) is 23.2 Å². The van der Waals surface area contributed by atoms with Crippen LogP contribution in [0.5, 0.6) is 0 Å². The first-order valence-electron chi connectivity index (χ1n) is 8.77. The molecule has 2 fully saturated rings. The summed E-state index contributed by atoms with van der Waals surface area (Å²) in [5.41, 5.74) is -4.84. The van der Waals surface area contributed by atoms with E-state index in [0.717, 1.165) is 0 Å². The molecule has 1 N–H and O–H groups in total. The summed E-state index contributed by atoms with van der Waals surface area (Å²) in [7, 11) is 0. The number of carbonyl (C=O) groups excluding carboxylic acids is 2. The molecule has 0 heterocycles. The number of rotatable bonds is 6. The van der Waals surface area contributed by atoms with Gasteiger partial charge in [0.25, 0.3) is 5.60 Å². The zero-order valence-electron chi connectivity index (χ0n) is 15.0. The number of halogens is 8. The van der Waals surface area contributed by atoms with E-state index in [0.29, 0.717) is 6.42 Å². The third-order valence-electron chi connectivity index (χ3n) is 6.70. The zero-order chi connectivity index (χ0) is 21.8. The monoisotopic (exact) mass is 456 g/mol. The molecule has 0 saturated heterocycles. The fourth-order valence-electron chi connectivity index (χ4n) is 5.23. The Bertz CT molecular complexity index is 621. The van der Waals surface area contributed by atoms with Crippen molar-refractivity contribution in [3.63, 3.8) is 0 Å². The topological polar surface area (TPSA) is 54.4 Å². The molecule has 7 atom stereocenters. The van der Waals surface area contributed by atoms with Crippen molar-refractivity contribution >= 4 is 33.7 Å². The average molecular weight is 457 g/mol. The third kappa shape index (κ3) is 3.90. The highest BCUT2D eigenvalue weighted by molar-refractivity contribution is 6.66. The number of aliphatic hydroxyl groups is 1. The summed E-state index contributed by atoms with van der Waals surface area (Å²) in [4.78, 5) is 23.5. The van der Waals surface area contributed by atoms with Crippen LogP contribution in [0.15, 0.2) is 0 Å². The third-order valence-corrected chi connectivity index (χ3v) is 7.30. The Morgan fingerprint density at radius 1 is 1.04 bits per heavy atom. The molecular weight excluding hydrogens is 437 g/mol. The maximum Gasteiger partial charge on any atom is 0.426 e. The second-order valence-corrected chi connectivity index (χ2v) is 8.82. The van der Waals surface area contributed by atoms with E-state index in [1.165, 1.54) is 6.92 Å². The average Bonchev–Trinajstić information content (AvgIpc) is 3.03.